The van der Waals surface area contributed by atoms with E-state index in [4.69, 9.17) is 11.1 Å². The average molecular weight is 247 g/mol. The highest BCUT2D eigenvalue weighted by Gasteiger charge is 2.36. The summed E-state index contributed by atoms with van der Waals surface area (Å²) in [7, 11) is 0. The molecule has 7 heteroatoms. The lowest BCUT2D eigenvalue weighted by Gasteiger charge is -2.17. The van der Waals surface area contributed by atoms with Crippen LogP contribution in [0.15, 0.2) is 18.3 Å². The van der Waals surface area contributed by atoms with Crippen LogP contribution in [0.25, 0.3) is 0 Å². The normalized spacial score (nSPS) is 13.4. The van der Waals surface area contributed by atoms with Crippen molar-refractivity contribution in [2.75, 3.05) is 0 Å². The summed E-state index contributed by atoms with van der Waals surface area (Å²) in [5, 5.41) is 7.22. The molecule has 17 heavy (non-hydrogen) atoms. The van der Waals surface area contributed by atoms with Gasteiger partial charge in [-0.05, 0) is 13.0 Å². The molecule has 1 atom stereocenters. The first kappa shape index (κ1) is 13.4. The van der Waals surface area contributed by atoms with Gasteiger partial charge in [-0.2, -0.15) is 13.2 Å². The Morgan fingerprint density at radius 1 is 1.59 bits per heavy atom. The Kier molecular flexibility index (Phi) is 4.06. The molecule has 0 aliphatic rings. The van der Waals surface area contributed by atoms with Crippen LogP contribution in [0.1, 0.15) is 18.2 Å². The minimum atomic E-state index is -4.40. The maximum atomic E-state index is 12.2. The number of pyridine rings is 1. The van der Waals surface area contributed by atoms with E-state index in [0.29, 0.717) is 5.56 Å². The number of hydrogen-bond donors (Lipinski definition) is 2. The Labute approximate surface area is 96.1 Å². The summed E-state index contributed by atoms with van der Waals surface area (Å²) in [6.45, 7) is 0.632. The summed E-state index contributed by atoms with van der Waals surface area (Å²) in [6, 6.07) is 3.07. The SMILES string of the molecule is CC(OCc1cccnc1C(=N)N)C(F)(F)F. The summed E-state index contributed by atoms with van der Waals surface area (Å²) in [6.07, 6.45) is -4.87. The summed E-state index contributed by atoms with van der Waals surface area (Å²) in [4.78, 5) is 3.81. The Morgan fingerprint density at radius 2 is 2.24 bits per heavy atom. The van der Waals surface area contributed by atoms with Gasteiger partial charge in [0.15, 0.2) is 6.10 Å². The first-order valence-electron chi connectivity index (χ1n) is 4.79. The third-order valence-electron chi connectivity index (χ3n) is 2.10. The van der Waals surface area contributed by atoms with E-state index < -0.39 is 12.3 Å². The van der Waals surface area contributed by atoms with Crippen molar-refractivity contribution in [1.82, 2.24) is 4.98 Å². The van der Waals surface area contributed by atoms with Crippen molar-refractivity contribution in [1.29, 1.82) is 5.41 Å². The Bertz CT molecular complexity index is 406. The van der Waals surface area contributed by atoms with Crippen molar-refractivity contribution in [3.05, 3.63) is 29.6 Å². The van der Waals surface area contributed by atoms with Crippen LogP contribution in [0.3, 0.4) is 0 Å². The zero-order chi connectivity index (χ0) is 13.1. The van der Waals surface area contributed by atoms with E-state index in [2.05, 4.69) is 9.72 Å². The number of alkyl halides is 3. The van der Waals surface area contributed by atoms with Gasteiger partial charge in [-0.1, -0.05) is 6.07 Å². The lowest BCUT2D eigenvalue weighted by atomic mass is 10.2. The predicted octanol–water partition coefficient (Wildman–Crippen LogP) is 1.83. The molecular weight excluding hydrogens is 235 g/mol. The highest BCUT2D eigenvalue weighted by atomic mass is 19.4. The van der Waals surface area contributed by atoms with E-state index in [1.54, 1.807) is 6.07 Å². The number of aromatic nitrogens is 1. The fraction of sp³-hybridized carbons (Fsp3) is 0.400. The van der Waals surface area contributed by atoms with E-state index in [1.807, 2.05) is 0 Å². The maximum absolute atomic E-state index is 12.2. The zero-order valence-corrected chi connectivity index (χ0v) is 9.08. The van der Waals surface area contributed by atoms with E-state index in [0.717, 1.165) is 6.92 Å². The van der Waals surface area contributed by atoms with E-state index >= 15 is 0 Å². The van der Waals surface area contributed by atoms with Crippen LogP contribution in [-0.2, 0) is 11.3 Å². The van der Waals surface area contributed by atoms with Crippen molar-refractivity contribution >= 4 is 5.84 Å². The van der Waals surface area contributed by atoms with E-state index in [1.165, 1.54) is 12.3 Å². The second kappa shape index (κ2) is 5.13. The fourth-order valence-corrected chi connectivity index (χ4v) is 1.11. The molecule has 0 fully saturated rings. The van der Waals surface area contributed by atoms with Crippen LogP contribution in [0.5, 0.6) is 0 Å². The number of ether oxygens (including phenoxy) is 1. The summed E-state index contributed by atoms with van der Waals surface area (Å²) in [5.74, 6) is -0.302. The number of nitrogens with one attached hydrogen (secondary N) is 1. The van der Waals surface area contributed by atoms with Crippen molar-refractivity contribution in [2.45, 2.75) is 25.8 Å². The monoisotopic (exact) mass is 247 g/mol. The number of nitrogens with zero attached hydrogens (tertiary/aromatic N) is 1. The average Bonchev–Trinajstić information content (AvgIpc) is 2.24. The minimum Gasteiger partial charge on any atom is -0.382 e. The lowest BCUT2D eigenvalue weighted by Crippen LogP contribution is -2.28. The highest BCUT2D eigenvalue weighted by molar-refractivity contribution is 5.94. The summed E-state index contributed by atoms with van der Waals surface area (Å²) in [5.41, 5.74) is 5.75. The molecule has 3 N–H and O–H groups in total. The summed E-state index contributed by atoms with van der Waals surface area (Å²) < 4.78 is 41.3. The van der Waals surface area contributed by atoms with Crippen molar-refractivity contribution in [2.24, 2.45) is 5.73 Å². The van der Waals surface area contributed by atoms with Crippen LogP contribution in [0.2, 0.25) is 0 Å². The maximum Gasteiger partial charge on any atom is 0.414 e. The molecule has 1 aromatic rings. The van der Waals surface area contributed by atoms with Crippen molar-refractivity contribution in [3.63, 3.8) is 0 Å². The number of nitrogens with two attached hydrogens (primary N) is 1. The molecule has 94 valence electrons. The second-order valence-corrected chi connectivity index (χ2v) is 3.42. The second-order valence-electron chi connectivity index (χ2n) is 3.42. The molecule has 0 aliphatic heterocycles. The topological polar surface area (TPSA) is 72.0 Å². The van der Waals surface area contributed by atoms with Gasteiger partial charge in [-0.15, -0.1) is 0 Å². The van der Waals surface area contributed by atoms with Gasteiger partial charge < -0.3 is 10.5 Å². The molecular formula is C10H12F3N3O. The van der Waals surface area contributed by atoms with Crippen LogP contribution in [0, 0.1) is 5.41 Å². The van der Waals surface area contributed by atoms with Crippen LogP contribution in [-0.4, -0.2) is 23.1 Å². The molecule has 1 unspecified atom stereocenters. The predicted molar refractivity (Wildman–Crippen MR) is 55.6 cm³/mol. The molecule has 0 amide bonds. The highest BCUT2D eigenvalue weighted by Crippen LogP contribution is 2.23. The Balaban J connectivity index is 2.73. The fourth-order valence-electron chi connectivity index (χ4n) is 1.11. The van der Waals surface area contributed by atoms with Crippen LogP contribution in [0.4, 0.5) is 13.2 Å². The third-order valence-corrected chi connectivity index (χ3v) is 2.10. The van der Waals surface area contributed by atoms with Gasteiger partial charge in [-0.3, -0.25) is 10.4 Å². The quantitative estimate of drug-likeness (QED) is 0.629. The largest absolute Gasteiger partial charge is 0.414 e. The van der Waals surface area contributed by atoms with E-state index in [9.17, 15) is 13.2 Å². The number of hydrogen-bond acceptors (Lipinski definition) is 3. The zero-order valence-electron chi connectivity index (χ0n) is 9.08. The first-order valence-corrected chi connectivity index (χ1v) is 4.79. The number of nitrogen functional groups attached to an aromatic ring is 1. The molecule has 0 saturated carbocycles. The minimum absolute atomic E-state index is 0.141. The molecule has 1 heterocycles. The van der Waals surface area contributed by atoms with Gasteiger partial charge in [0.2, 0.25) is 0 Å². The van der Waals surface area contributed by atoms with Gasteiger partial charge in [0.1, 0.15) is 11.5 Å². The van der Waals surface area contributed by atoms with Gasteiger partial charge in [-0.25, -0.2) is 0 Å². The number of amidine groups is 1. The molecule has 0 radical (unpaired) electrons. The van der Waals surface area contributed by atoms with Gasteiger partial charge in [0.25, 0.3) is 0 Å². The van der Waals surface area contributed by atoms with Crippen molar-refractivity contribution in [3.8, 4) is 0 Å². The van der Waals surface area contributed by atoms with Gasteiger partial charge >= 0.3 is 6.18 Å². The van der Waals surface area contributed by atoms with Crippen LogP contribution >= 0.6 is 0 Å². The van der Waals surface area contributed by atoms with Crippen LogP contribution < -0.4 is 5.73 Å². The molecule has 1 rings (SSSR count). The number of halogens is 3. The van der Waals surface area contributed by atoms with Gasteiger partial charge in [0.05, 0.1) is 6.61 Å². The molecule has 0 aromatic carbocycles. The summed E-state index contributed by atoms with van der Waals surface area (Å²) >= 11 is 0. The molecule has 1 aromatic heterocycles. The first-order chi connectivity index (χ1) is 7.82. The lowest BCUT2D eigenvalue weighted by molar-refractivity contribution is -0.217. The standard InChI is InChI=1S/C10H12F3N3O/c1-6(10(11,12)13)17-5-7-3-2-4-16-8(7)9(14)15/h2-4,6H,5H2,1H3,(H3,14,15). The Morgan fingerprint density at radius 3 is 2.76 bits per heavy atom. The molecule has 0 saturated heterocycles. The molecule has 4 nitrogen and oxygen atoms in total. The number of rotatable bonds is 4. The molecule has 0 spiro atoms. The molecule has 0 aliphatic carbocycles. The Hall–Kier alpha value is -1.63. The third kappa shape index (κ3) is 3.70. The smallest absolute Gasteiger partial charge is 0.382 e. The van der Waals surface area contributed by atoms with Gasteiger partial charge in [0, 0.05) is 11.8 Å². The van der Waals surface area contributed by atoms with E-state index in [-0.39, 0.29) is 18.1 Å². The van der Waals surface area contributed by atoms with Crippen molar-refractivity contribution < 1.29 is 17.9 Å². The molecule has 0 bridgehead atoms.